The van der Waals surface area contributed by atoms with Crippen LogP contribution in [0, 0.1) is 13.8 Å². The summed E-state index contributed by atoms with van der Waals surface area (Å²) >= 11 is 0. The lowest BCUT2D eigenvalue weighted by Crippen LogP contribution is -2.27. The monoisotopic (exact) mass is 594 g/mol. The van der Waals surface area contributed by atoms with E-state index in [0.29, 0.717) is 0 Å². The molecule has 6 aromatic rings. The van der Waals surface area contributed by atoms with Gasteiger partial charge in [-0.3, -0.25) is 0 Å². The van der Waals surface area contributed by atoms with Gasteiger partial charge >= 0.3 is 0 Å². The highest BCUT2D eigenvalue weighted by atomic mass is 14.9. The fourth-order valence-electron chi connectivity index (χ4n) is 6.49. The third kappa shape index (κ3) is 6.29. The number of hydrogen-bond donors (Lipinski definition) is 2. The lowest BCUT2D eigenvalue weighted by Gasteiger charge is -2.30. The normalized spacial score (nSPS) is 15.7. The molecule has 0 saturated heterocycles. The SMILES string of the molecule is Cc1cc(C2=CC(Nc3ccc(-c4ccccc4)cc3)C(c3ccccc3C)C=C2)ccc1-c1ccccc1Nc1ccccc1. The molecule has 2 N–H and O–H groups in total. The van der Waals surface area contributed by atoms with Gasteiger partial charge in [0.25, 0.3) is 0 Å². The molecule has 0 amide bonds. The van der Waals surface area contributed by atoms with Crippen LogP contribution in [-0.2, 0) is 0 Å². The van der Waals surface area contributed by atoms with E-state index in [0.717, 1.165) is 17.1 Å². The molecule has 2 unspecified atom stereocenters. The molecule has 0 aromatic heterocycles. The second-order valence-corrected chi connectivity index (χ2v) is 12.0. The number of benzene rings is 6. The van der Waals surface area contributed by atoms with E-state index in [1.54, 1.807) is 0 Å². The molecule has 224 valence electrons. The van der Waals surface area contributed by atoms with Crippen molar-refractivity contribution in [1.29, 1.82) is 0 Å². The Bertz CT molecular complexity index is 2000. The van der Waals surface area contributed by atoms with Gasteiger partial charge in [0.2, 0.25) is 0 Å². The predicted molar refractivity (Wildman–Crippen MR) is 197 cm³/mol. The predicted octanol–water partition coefficient (Wildman–Crippen LogP) is 11.6. The van der Waals surface area contributed by atoms with Crippen molar-refractivity contribution < 1.29 is 0 Å². The fraction of sp³-hybridized carbons (Fsp3) is 0.0909. The molecule has 0 bridgehead atoms. The quantitative estimate of drug-likeness (QED) is 0.183. The van der Waals surface area contributed by atoms with Gasteiger partial charge < -0.3 is 10.6 Å². The van der Waals surface area contributed by atoms with Gasteiger partial charge in [0.15, 0.2) is 0 Å². The molecule has 0 spiro atoms. The highest BCUT2D eigenvalue weighted by Crippen LogP contribution is 2.37. The minimum absolute atomic E-state index is 0.0967. The van der Waals surface area contributed by atoms with E-state index in [2.05, 4.69) is 188 Å². The van der Waals surface area contributed by atoms with E-state index in [1.807, 2.05) is 6.07 Å². The van der Waals surface area contributed by atoms with Crippen LogP contribution in [0.3, 0.4) is 0 Å². The zero-order valence-electron chi connectivity index (χ0n) is 26.3. The van der Waals surface area contributed by atoms with Crippen molar-refractivity contribution in [2.45, 2.75) is 25.8 Å². The third-order valence-corrected chi connectivity index (χ3v) is 8.93. The Morgan fingerprint density at radius 1 is 0.500 bits per heavy atom. The summed E-state index contributed by atoms with van der Waals surface area (Å²) in [5.41, 5.74) is 14.5. The molecular weight excluding hydrogens is 556 g/mol. The fourth-order valence-corrected chi connectivity index (χ4v) is 6.49. The summed E-state index contributed by atoms with van der Waals surface area (Å²) in [5.74, 6) is 0.218. The van der Waals surface area contributed by atoms with Crippen LogP contribution in [0.4, 0.5) is 17.1 Å². The summed E-state index contributed by atoms with van der Waals surface area (Å²) in [6, 6.07) is 53.9. The maximum absolute atomic E-state index is 3.88. The van der Waals surface area contributed by atoms with Crippen molar-refractivity contribution in [2.75, 3.05) is 10.6 Å². The van der Waals surface area contributed by atoms with Gasteiger partial charge in [-0.2, -0.15) is 0 Å². The highest BCUT2D eigenvalue weighted by molar-refractivity contribution is 5.85. The second-order valence-electron chi connectivity index (χ2n) is 12.0. The van der Waals surface area contributed by atoms with Crippen LogP contribution in [0.15, 0.2) is 170 Å². The number of para-hydroxylation sites is 2. The molecule has 0 aliphatic heterocycles. The standard InChI is InChI=1S/C44H38N2/c1-31-13-9-10-18-39(31)42-28-24-36(30-44(42)46-38-25-21-34(22-26-38)33-14-5-3-6-15-33)35-23-27-40(32(2)29-35)41-19-11-12-20-43(41)45-37-16-7-4-8-17-37/h3-30,42,44-46H,1-2H3. The van der Waals surface area contributed by atoms with Gasteiger partial charge in [0.05, 0.1) is 6.04 Å². The molecule has 1 aliphatic rings. The summed E-state index contributed by atoms with van der Waals surface area (Å²) in [6.45, 7) is 4.42. The maximum Gasteiger partial charge on any atom is 0.0556 e. The number of rotatable bonds is 8. The zero-order valence-corrected chi connectivity index (χ0v) is 26.3. The van der Waals surface area contributed by atoms with Crippen LogP contribution in [0.2, 0.25) is 0 Å². The first kappa shape index (κ1) is 29.1. The summed E-state index contributed by atoms with van der Waals surface area (Å²) < 4.78 is 0. The smallest absolute Gasteiger partial charge is 0.0556 e. The van der Waals surface area contributed by atoms with Crippen molar-refractivity contribution in [3.05, 3.63) is 192 Å². The van der Waals surface area contributed by atoms with Gasteiger partial charge in [0.1, 0.15) is 0 Å². The van der Waals surface area contributed by atoms with Crippen molar-refractivity contribution in [2.24, 2.45) is 0 Å². The Labute approximate surface area is 272 Å². The molecule has 2 heteroatoms. The number of hydrogen-bond acceptors (Lipinski definition) is 2. The van der Waals surface area contributed by atoms with Gasteiger partial charge in [-0.25, -0.2) is 0 Å². The van der Waals surface area contributed by atoms with Crippen molar-refractivity contribution in [3.63, 3.8) is 0 Å². The van der Waals surface area contributed by atoms with Crippen LogP contribution in [0.25, 0.3) is 27.8 Å². The molecule has 0 radical (unpaired) electrons. The molecule has 0 saturated carbocycles. The Balaban J connectivity index is 1.19. The molecule has 2 atom stereocenters. The summed E-state index contributed by atoms with van der Waals surface area (Å²) in [7, 11) is 0. The number of aryl methyl sites for hydroxylation is 2. The minimum Gasteiger partial charge on any atom is -0.378 e. The first-order valence-corrected chi connectivity index (χ1v) is 16.0. The maximum atomic E-state index is 3.88. The number of nitrogens with one attached hydrogen (secondary N) is 2. The molecule has 7 rings (SSSR count). The van der Waals surface area contributed by atoms with Crippen LogP contribution in [0.1, 0.15) is 28.2 Å². The Morgan fingerprint density at radius 2 is 1.15 bits per heavy atom. The van der Waals surface area contributed by atoms with E-state index >= 15 is 0 Å². The van der Waals surface area contributed by atoms with E-state index in [1.165, 1.54) is 50.1 Å². The highest BCUT2D eigenvalue weighted by Gasteiger charge is 2.24. The van der Waals surface area contributed by atoms with Crippen molar-refractivity contribution in [3.8, 4) is 22.3 Å². The number of allylic oxidation sites excluding steroid dienone is 2. The molecule has 46 heavy (non-hydrogen) atoms. The molecule has 0 heterocycles. The van der Waals surface area contributed by atoms with Gasteiger partial charge in [-0.15, -0.1) is 0 Å². The largest absolute Gasteiger partial charge is 0.378 e. The van der Waals surface area contributed by atoms with E-state index in [-0.39, 0.29) is 12.0 Å². The first-order valence-electron chi connectivity index (χ1n) is 16.0. The lowest BCUT2D eigenvalue weighted by atomic mass is 9.82. The van der Waals surface area contributed by atoms with Crippen LogP contribution < -0.4 is 10.6 Å². The summed E-state index contributed by atoms with van der Waals surface area (Å²) in [5, 5.41) is 7.49. The average Bonchev–Trinajstić information content (AvgIpc) is 3.10. The first-order chi connectivity index (χ1) is 22.6. The number of anilines is 3. The van der Waals surface area contributed by atoms with Crippen molar-refractivity contribution in [1.82, 2.24) is 0 Å². The molecule has 0 fully saturated rings. The third-order valence-electron chi connectivity index (χ3n) is 8.93. The van der Waals surface area contributed by atoms with Crippen LogP contribution in [0.5, 0.6) is 0 Å². The van der Waals surface area contributed by atoms with Gasteiger partial charge in [-0.1, -0.05) is 140 Å². The molecule has 6 aromatic carbocycles. The molecular formula is C44H38N2. The Hall–Kier alpha value is -5.60. The van der Waals surface area contributed by atoms with Crippen LogP contribution in [-0.4, -0.2) is 6.04 Å². The Morgan fingerprint density at radius 3 is 1.91 bits per heavy atom. The Kier molecular flexibility index (Phi) is 8.34. The van der Waals surface area contributed by atoms with E-state index in [9.17, 15) is 0 Å². The molecule has 1 aliphatic carbocycles. The van der Waals surface area contributed by atoms with Gasteiger partial charge in [-0.05, 0) is 88.7 Å². The minimum atomic E-state index is 0.0967. The van der Waals surface area contributed by atoms with E-state index in [4.69, 9.17) is 0 Å². The lowest BCUT2D eigenvalue weighted by molar-refractivity contribution is 0.753. The average molecular weight is 595 g/mol. The van der Waals surface area contributed by atoms with Gasteiger partial charge in [0, 0.05) is 28.5 Å². The molecule has 2 nitrogen and oxygen atoms in total. The topological polar surface area (TPSA) is 24.1 Å². The van der Waals surface area contributed by atoms with E-state index < -0.39 is 0 Å². The summed E-state index contributed by atoms with van der Waals surface area (Å²) in [4.78, 5) is 0. The van der Waals surface area contributed by atoms with Crippen LogP contribution >= 0.6 is 0 Å². The second kappa shape index (κ2) is 13.2. The summed E-state index contributed by atoms with van der Waals surface area (Å²) in [6.07, 6.45) is 7.07. The zero-order chi connectivity index (χ0) is 31.3. The van der Waals surface area contributed by atoms with Crippen molar-refractivity contribution >= 4 is 22.6 Å².